The number of tetrazole rings is 1. The van der Waals surface area contributed by atoms with Crippen LogP contribution in [0, 0.1) is 0 Å². The van der Waals surface area contributed by atoms with Gasteiger partial charge < -0.3 is 4.74 Å². The van der Waals surface area contributed by atoms with Gasteiger partial charge in [-0.15, -0.1) is 16.4 Å². The molecule has 0 N–H and O–H groups in total. The summed E-state index contributed by atoms with van der Waals surface area (Å²) in [5.41, 5.74) is 1.15. The molecule has 1 atom stereocenters. The first-order valence-electron chi connectivity index (χ1n) is 8.59. The number of ether oxygens (including phenoxy) is 1. The van der Waals surface area contributed by atoms with Crippen molar-refractivity contribution in [2.75, 3.05) is 31.7 Å². The molecule has 0 unspecified atom stereocenters. The molecule has 8 heteroatoms. The van der Waals surface area contributed by atoms with E-state index in [1.54, 1.807) is 18.4 Å². The van der Waals surface area contributed by atoms with Gasteiger partial charge in [-0.1, -0.05) is 18.2 Å². The van der Waals surface area contributed by atoms with Crippen LogP contribution in [0.2, 0.25) is 0 Å². The smallest absolute Gasteiger partial charge is 0.174 e. The van der Waals surface area contributed by atoms with Crippen molar-refractivity contribution < 1.29 is 4.74 Å². The maximum Gasteiger partial charge on any atom is 0.174 e. The van der Waals surface area contributed by atoms with E-state index in [1.165, 1.54) is 4.88 Å². The van der Waals surface area contributed by atoms with Gasteiger partial charge in [0.1, 0.15) is 11.8 Å². The third kappa shape index (κ3) is 3.77. The van der Waals surface area contributed by atoms with Crippen LogP contribution in [0.1, 0.15) is 22.3 Å². The quantitative estimate of drug-likeness (QED) is 0.648. The van der Waals surface area contributed by atoms with Gasteiger partial charge in [-0.3, -0.25) is 4.90 Å². The first-order chi connectivity index (χ1) is 12.8. The van der Waals surface area contributed by atoms with Crippen LogP contribution in [0.15, 0.2) is 41.8 Å². The Bertz CT molecular complexity index is 812. The number of thioether (sulfide) groups is 1. The number of rotatable bonds is 6. The van der Waals surface area contributed by atoms with Gasteiger partial charge in [0.2, 0.25) is 0 Å². The second-order valence-electron chi connectivity index (χ2n) is 6.11. The molecule has 0 bridgehead atoms. The van der Waals surface area contributed by atoms with Crippen LogP contribution in [-0.2, 0) is 6.54 Å². The number of hydrogen-bond donors (Lipinski definition) is 0. The van der Waals surface area contributed by atoms with Crippen molar-refractivity contribution in [3.05, 3.63) is 58.0 Å². The molecular formula is C18H21N5OS2. The standard InChI is InChI=1S/C18H21N5OS2/c1-24-15-6-4-14(5-7-15)13-23-18(19-20-21-23)17(16-3-2-10-26-16)22-8-11-25-12-9-22/h2-7,10,17H,8-9,11-13H2,1H3/t17-/m0/s1. The van der Waals surface area contributed by atoms with Crippen molar-refractivity contribution in [2.45, 2.75) is 12.6 Å². The van der Waals surface area contributed by atoms with E-state index in [2.05, 4.69) is 50.1 Å². The van der Waals surface area contributed by atoms with Gasteiger partial charge in [0.05, 0.1) is 13.7 Å². The number of nitrogens with zero attached hydrogens (tertiary/aromatic N) is 5. The van der Waals surface area contributed by atoms with Crippen LogP contribution in [0.25, 0.3) is 0 Å². The Hall–Kier alpha value is -1.90. The summed E-state index contributed by atoms with van der Waals surface area (Å²) in [5.74, 6) is 4.08. The van der Waals surface area contributed by atoms with E-state index in [1.807, 2.05) is 28.6 Å². The predicted molar refractivity (Wildman–Crippen MR) is 105 cm³/mol. The molecule has 2 aromatic heterocycles. The lowest BCUT2D eigenvalue weighted by Crippen LogP contribution is -2.37. The average molecular weight is 388 g/mol. The fourth-order valence-corrected chi connectivity index (χ4v) is 4.96. The highest BCUT2D eigenvalue weighted by Crippen LogP contribution is 2.32. The van der Waals surface area contributed by atoms with Crippen LogP contribution in [0.5, 0.6) is 5.75 Å². The molecule has 4 rings (SSSR count). The summed E-state index contributed by atoms with van der Waals surface area (Å²) < 4.78 is 7.16. The first-order valence-corrected chi connectivity index (χ1v) is 10.6. The van der Waals surface area contributed by atoms with Gasteiger partial charge in [0, 0.05) is 29.5 Å². The maximum atomic E-state index is 5.24. The number of aromatic nitrogens is 4. The van der Waals surface area contributed by atoms with E-state index in [4.69, 9.17) is 4.74 Å². The first kappa shape index (κ1) is 17.5. The number of thiophene rings is 1. The lowest BCUT2D eigenvalue weighted by atomic mass is 10.1. The van der Waals surface area contributed by atoms with Crippen LogP contribution < -0.4 is 4.74 Å². The van der Waals surface area contributed by atoms with Crippen LogP contribution >= 0.6 is 23.1 Å². The molecule has 26 heavy (non-hydrogen) atoms. The van der Waals surface area contributed by atoms with E-state index in [0.717, 1.165) is 41.7 Å². The second kappa shape index (κ2) is 8.20. The highest BCUT2D eigenvalue weighted by Gasteiger charge is 2.29. The Kier molecular flexibility index (Phi) is 5.52. The minimum atomic E-state index is 0.115. The molecule has 3 aromatic rings. The summed E-state index contributed by atoms with van der Waals surface area (Å²) >= 11 is 3.78. The maximum absolute atomic E-state index is 5.24. The van der Waals surface area contributed by atoms with Crippen LogP contribution in [-0.4, -0.2) is 56.8 Å². The summed E-state index contributed by atoms with van der Waals surface area (Å²) in [7, 11) is 1.68. The van der Waals surface area contributed by atoms with E-state index in [0.29, 0.717) is 6.54 Å². The molecule has 0 aliphatic carbocycles. The molecule has 0 spiro atoms. The Morgan fingerprint density at radius 3 is 2.65 bits per heavy atom. The second-order valence-corrected chi connectivity index (χ2v) is 8.31. The summed E-state index contributed by atoms with van der Waals surface area (Å²) in [4.78, 5) is 3.79. The van der Waals surface area contributed by atoms with E-state index < -0.39 is 0 Å². The number of methoxy groups -OCH3 is 1. The highest BCUT2D eigenvalue weighted by atomic mass is 32.2. The topological polar surface area (TPSA) is 56.1 Å². The summed E-state index contributed by atoms with van der Waals surface area (Å²) in [5, 5.41) is 14.8. The Morgan fingerprint density at radius 2 is 1.96 bits per heavy atom. The van der Waals surface area contributed by atoms with E-state index >= 15 is 0 Å². The summed E-state index contributed by atoms with van der Waals surface area (Å²) in [6, 6.07) is 12.5. The molecule has 1 aliphatic heterocycles. The van der Waals surface area contributed by atoms with E-state index in [-0.39, 0.29) is 6.04 Å². The van der Waals surface area contributed by atoms with Gasteiger partial charge in [-0.25, -0.2) is 4.68 Å². The molecule has 0 saturated carbocycles. The predicted octanol–water partition coefficient (Wildman–Crippen LogP) is 2.93. The lowest BCUT2D eigenvalue weighted by Gasteiger charge is -2.32. The molecule has 0 amide bonds. The molecule has 1 fully saturated rings. The largest absolute Gasteiger partial charge is 0.497 e. The fraction of sp³-hybridized carbons (Fsp3) is 0.389. The SMILES string of the molecule is COc1ccc(Cn2nnnc2[C@H](c2cccs2)N2CCSCC2)cc1. The third-order valence-electron chi connectivity index (χ3n) is 4.52. The molecule has 1 saturated heterocycles. The average Bonchev–Trinajstić information content (AvgIpc) is 3.37. The Morgan fingerprint density at radius 1 is 1.15 bits per heavy atom. The minimum Gasteiger partial charge on any atom is -0.497 e. The molecular weight excluding hydrogens is 366 g/mol. The van der Waals surface area contributed by atoms with Crippen LogP contribution in [0.4, 0.5) is 0 Å². The van der Waals surface area contributed by atoms with Crippen LogP contribution in [0.3, 0.4) is 0 Å². The van der Waals surface area contributed by atoms with Gasteiger partial charge in [0.25, 0.3) is 0 Å². The number of hydrogen-bond acceptors (Lipinski definition) is 7. The molecule has 1 aliphatic rings. The lowest BCUT2D eigenvalue weighted by molar-refractivity contribution is 0.238. The van der Waals surface area contributed by atoms with Crippen molar-refractivity contribution in [1.82, 2.24) is 25.1 Å². The van der Waals surface area contributed by atoms with Gasteiger partial charge >= 0.3 is 0 Å². The minimum absolute atomic E-state index is 0.115. The normalized spacial score (nSPS) is 16.5. The molecule has 0 radical (unpaired) electrons. The third-order valence-corrected chi connectivity index (χ3v) is 6.39. The zero-order chi connectivity index (χ0) is 17.8. The van der Waals surface area contributed by atoms with E-state index in [9.17, 15) is 0 Å². The Balaban J connectivity index is 1.63. The van der Waals surface area contributed by atoms with Gasteiger partial charge in [-0.2, -0.15) is 11.8 Å². The van der Waals surface area contributed by atoms with Gasteiger partial charge in [0.15, 0.2) is 5.82 Å². The van der Waals surface area contributed by atoms with Gasteiger partial charge in [-0.05, 0) is 39.6 Å². The zero-order valence-electron chi connectivity index (χ0n) is 14.6. The van der Waals surface area contributed by atoms with Crippen molar-refractivity contribution in [2.24, 2.45) is 0 Å². The molecule has 6 nitrogen and oxygen atoms in total. The van der Waals surface area contributed by atoms with Crippen molar-refractivity contribution in [3.63, 3.8) is 0 Å². The summed E-state index contributed by atoms with van der Waals surface area (Å²) in [6.07, 6.45) is 0. The highest BCUT2D eigenvalue weighted by molar-refractivity contribution is 7.99. The molecule has 136 valence electrons. The molecule has 1 aromatic carbocycles. The van der Waals surface area contributed by atoms with Crippen molar-refractivity contribution >= 4 is 23.1 Å². The monoisotopic (exact) mass is 387 g/mol. The summed E-state index contributed by atoms with van der Waals surface area (Å²) in [6.45, 7) is 2.77. The zero-order valence-corrected chi connectivity index (χ0v) is 16.2. The van der Waals surface area contributed by atoms with Crippen molar-refractivity contribution in [3.8, 4) is 5.75 Å². The molecule has 3 heterocycles. The fourth-order valence-electron chi connectivity index (χ4n) is 3.18. The van der Waals surface area contributed by atoms with Crippen molar-refractivity contribution in [1.29, 1.82) is 0 Å². The Labute approximate surface area is 161 Å². The number of benzene rings is 1.